The highest BCUT2D eigenvalue weighted by Crippen LogP contribution is 2.27. The lowest BCUT2D eigenvalue weighted by Gasteiger charge is -2.17. The Morgan fingerprint density at radius 1 is 0.528 bits per heavy atom. The molecule has 1 heterocycles. The third-order valence-corrected chi connectivity index (χ3v) is 8.39. The van der Waals surface area contributed by atoms with Crippen LogP contribution in [0.4, 0.5) is 0 Å². The van der Waals surface area contributed by atoms with Crippen molar-refractivity contribution < 1.29 is 4.57 Å². The molecule has 2 nitrogen and oxygen atoms in total. The first-order valence-electron chi connectivity index (χ1n) is 16.8. The van der Waals surface area contributed by atoms with Crippen LogP contribution in [0.1, 0.15) is 206 Å². The van der Waals surface area contributed by atoms with Crippen molar-refractivity contribution in [3.63, 3.8) is 0 Å². The molecular weight excluding hydrogens is 436 g/mol. The van der Waals surface area contributed by atoms with Gasteiger partial charge in [-0.25, -0.2) is 9.55 Å². The number of hydrogen-bond acceptors (Lipinski definition) is 0. The standard InChI is InChI=1S/C34H66N2/c1-5-8-11-13-15-17-19-21-23-26-29-33(28-24-10-7-3)34-35-30-31-36(34)32(4)27-25-22-20-18-16-14-12-9-6-2/h30-33H,5-29H2,1-4H3/p+1. The molecule has 2 unspecified atom stereocenters. The predicted octanol–water partition coefficient (Wildman–Crippen LogP) is 11.8. The van der Waals surface area contributed by atoms with E-state index in [0.717, 1.165) is 0 Å². The summed E-state index contributed by atoms with van der Waals surface area (Å²) in [4.78, 5) is 3.70. The Labute approximate surface area is 227 Å². The first kappa shape index (κ1) is 33.2. The lowest BCUT2D eigenvalue weighted by Crippen LogP contribution is -2.41. The molecule has 1 N–H and O–H groups in total. The molecule has 0 amide bonds. The number of nitrogens with one attached hydrogen (secondary N) is 1. The molecule has 0 bridgehead atoms. The minimum absolute atomic E-state index is 0.622. The Bertz CT molecular complexity index is 563. The first-order valence-corrected chi connectivity index (χ1v) is 16.8. The van der Waals surface area contributed by atoms with Crippen molar-refractivity contribution in [3.05, 3.63) is 18.2 Å². The Kier molecular flexibility index (Phi) is 22.7. The monoisotopic (exact) mass is 504 g/mol. The summed E-state index contributed by atoms with van der Waals surface area (Å²) in [6.07, 6.45) is 39.8. The van der Waals surface area contributed by atoms with E-state index in [1.54, 1.807) is 0 Å². The number of nitrogens with zero attached hydrogens (tertiary/aromatic N) is 1. The summed E-state index contributed by atoms with van der Waals surface area (Å²) >= 11 is 0. The van der Waals surface area contributed by atoms with E-state index in [4.69, 9.17) is 0 Å². The van der Waals surface area contributed by atoms with Crippen molar-refractivity contribution in [2.45, 2.75) is 200 Å². The van der Waals surface area contributed by atoms with Crippen LogP contribution < -0.4 is 4.57 Å². The highest BCUT2D eigenvalue weighted by atomic mass is 15.1. The van der Waals surface area contributed by atoms with Gasteiger partial charge in [-0.05, 0) is 32.6 Å². The zero-order valence-corrected chi connectivity index (χ0v) is 25.4. The van der Waals surface area contributed by atoms with Crippen LogP contribution in [-0.2, 0) is 0 Å². The van der Waals surface area contributed by atoms with Gasteiger partial charge >= 0.3 is 0 Å². The second-order valence-corrected chi connectivity index (χ2v) is 11.9. The van der Waals surface area contributed by atoms with Gasteiger partial charge < -0.3 is 0 Å². The lowest BCUT2D eigenvalue weighted by molar-refractivity contribution is -0.727. The Morgan fingerprint density at radius 3 is 1.36 bits per heavy atom. The zero-order valence-electron chi connectivity index (χ0n) is 25.4. The fourth-order valence-corrected chi connectivity index (χ4v) is 5.90. The number of hydrogen-bond donors (Lipinski definition) is 1. The maximum absolute atomic E-state index is 3.70. The van der Waals surface area contributed by atoms with Crippen molar-refractivity contribution >= 4 is 0 Å². The smallest absolute Gasteiger partial charge is 0.247 e. The molecule has 0 aliphatic heterocycles. The van der Waals surface area contributed by atoms with Crippen LogP contribution in [0, 0.1) is 0 Å². The molecule has 2 heteroatoms. The number of imidazole rings is 1. The van der Waals surface area contributed by atoms with E-state index >= 15 is 0 Å². The quantitative estimate of drug-likeness (QED) is 0.0909. The SMILES string of the molecule is CCCCCCCCCCCCC(CCCCC)c1[nH]cc[n+]1C(C)CCCCCCCCCCC. The molecule has 0 aliphatic rings. The minimum atomic E-state index is 0.622. The molecule has 1 aromatic heterocycles. The van der Waals surface area contributed by atoms with Gasteiger partial charge in [0.15, 0.2) is 0 Å². The van der Waals surface area contributed by atoms with E-state index in [9.17, 15) is 0 Å². The van der Waals surface area contributed by atoms with Gasteiger partial charge in [0, 0.05) is 0 Å². The molecule has 0 spiro atoms. The van der Waals surface area contributed by atoms with Gasteiger partial charge in [-0.3, -0.25) is 0 Å². The van der Waals surface area contributed by atoms with Gasteiger partial charge in [0.05, 0.1) is 12.0 Å². The summed E-state index contributed by atoms with van der Waals surface area (Å²) in [6.45, 7) is 9.40. The summed E-state index contributed by atoms with van der Waals surface area (Å²) in [5, 5.41) is 0. The third-order valence-electron chi connectivity index (χ3n) is 8.39. The lowest BCUT2D eigenvalue weighted by atomic mass is 9.93. The fraction of sp³-hybridized carbons (Fsp3) is 0.912. The van der Waals surface area contributed by atoms with Crippen molar-refractivity contribution in [2.75, 3.05) is 0 Å². The molecule has 1 aromatic rings. The normalized spacial score (nSPS) is 13.3. The number of aromatic nitrogens is 2. The van der Waals surface area contributed by atoms with Gasteiger partial charge in [0.2, 0.25) is 0 Å². The van der Waals surface area contributed by atoms with E-state index in [2.05, 4.69) is 49.6 Å². The first-order chi connectivity index (χ1) is 17.7. The van der Waals surface area contributed by atoms with Gasteiger partial charge in [-0.2, -0.15) is 0 Å². The van der Waals surface area contributed by atoms with Crippen LogP contribution in [0.15, 0.2) is 12.4 Å². The van der Waals surface area contributed by atoms with Gasteiger partial charge in [0.25, 0.3) is 5.82 Å². The minimum Gasteiger partial charge on any atom is -0.247 e. The second kappa shape index (κ2) is 24.5. The van der Waals surface area contributed by atoms with E-state index in [1.165, 1.54) is 166 Å². The number of unbranched alkanes of at least 4 members (excludes halogenated alkanes) is 19. The largest absolute Gasteiger partial charge is 0.257 e. The van der Waals surface area contributed by atoms with Crippen molar-refractivity contribution in [2.24, 2.45) is 0 Å². The Morgan fingerprint density at radius 2 is 0.889 bits per heavy atom. The van der Waals surface area contributed by atoms with Crippen molar-refractivity contribution in [3.8, 4) is 0 Å². The number of aromatic amines is 1. The van der Waals surface area contributed by atoms with Crippen LogP contribution in [0.5, 0.6) is 0 Å². The molecule has 0 aromatic carbocycles. The highest BCUT2D eigenvalue weighted by molar-refractivity contribution is 4.90. The summed E-state index contributed by atoms with van der Waals surface area (Å²) in [5.74, 6) is 2.23. The van der Waals surface area contributed by atoms with E-state index in [1.807, 2.05) is 0 Å². The average Bonchev–Trinajstić information content (AvgIpc) is 3.37. The maximum Gasteiger partial charge on any atom is 0.257 e. The molecule has 0 saturated heterocycles. The number of H-pyrrole nitrogens is 1. The van der Waals surface area contributed by atoms with Crippen molar-refractivity contribution in [1.82, 2.24) is 4.98 Å². The van der Waals surface area contributed by atoms with Crippen LogP contribution in [0.25, 0.3) is 0 Å². The molecule has 0 saturated carbocycles. The molecule has 1 rings (SSSR count). The predicted molar refractivity (Wildman–Crippen MR) is 161 cm³/mol. The van der Waals surface area contributed by atoms with Crippen molar-refractivity contribution in [1.29, 1.82) is 0 Å². The second-order valence-electron chi connectivity index (χ2n) is 11.9. The summed E-state index contributed by atoms with van der Waals surface area (Å²) in [7, 11) is 0. The Hall–Kier alpha value is -0.790. The molecule has 36 heavy (non-hydrogen) atoms. The third kappa shape index (κ3) is 16.9. The molecule has 212 valence electrons. The Balaban J connectivity index is 2.36. The molecule has 2 atom stereocenters. The number of rotatable bonds is 27. The maximum atomic E-state index is 3.70. The van der Waals surface area contributed by atoms with Gasteiger partial charge in [-0.15, -0.1) is 0 Å². The van der Waals surface area contributed by atoms with Crippen LogP contribution in [-0.4, -0.2) is 4.98 Å². The van der Waals surface area contributed by atoms with Crippen LogP contribution >= 0.6 is 0 Å². The van der Waals surface area contributed by atoms with Gasteiger partial charge in [0.1, 0.15) is 12.4 Å². The van der Waals surface area contributed by atoms with E-state index < -0.39 is 0 Å². The zero-order chi connectivity index (χ0) is 26.1. The highest BCUT2D eigenvalue weighted by Gasteiger charge is 2.25. The molecule has 0 fully saturated rings. The summed E-state index contributed by atoms with van der Waals surface area (Å²) in [6, 6.07) is 0.622. The molecule has 0 radical (unpaired) electrons. The topological polar surface area (TPSA) is 19.7 Å². The summed E-state index contributed by atoms with van der Waals surface area (Å²) < 4.78 is 2.61. The van der Waals surface area contributed by atoms with Gasteiger partial charge in [-0.1, -0.05) is 156 Å². The van der Waals surface area contributed by atoms with E-state index in [-0.39, 0.29) is 0 Å². The van der Waals surface area contributed by atoms with E-state index in [0.29, 0.717) is 12.0 Å². The molecular formula is C34H67N2+. The average molecular weight is 504 g/mol. The van der Waals surface area contributed by atoms with Crippen LogP contribution in [0.2, 0.25) is 0 Å². The molecule has 0 aliphatic carbocycles. The van der Waals surface area contributed by atoms with Crippen LogP contribution in [0.3, 0.4) is 0 Å². The summed E-state index contributed by atoms with van der Waals surface area (Å²) in [5.41, 5.74) is 0. The fourth-order valence-electron chi connectivity index (χ4n) is 5.90.